The molecule has 8 heteroatoms. The van der Waals surface area contributed by atoms with Gasteiger partial charge in [-0.15, -0.1) is 0 Å². The number of hydrogen-bond donors (Lipinski definition) is 0. The number of hydrogen-bond acceptors (Lipinski definition) is 3. The molecule has 1 unspecified atom stereocenters. The van der Waals surface area contributed by atoms with Gasteiger partial charge in [0, 0.05) is 32.6 Å². The fourth-order valence-electron chi connectivity index (χ4n) is 2.99. The number of sulfonamides is 1. The topological polar surface area (TPSA) is 57.7 Å². The molecule has 25 heavy (non-hydrogen) atoms. The van der Waals surface area contributed by atoms with Crippen molar-refractivity contribution >= 4 is 27.5 Å². The zero-order valence-electron chi connectivity index (χ0n) is 14.5. The van der Waals surface area contributed by atoms with E-state index in [1.807, 2.05) is 0 Å². The van der Waals surface area contributed by atoms with Crippen LogP contribution < -0.4 is 0 Å². The molecule has 1 fully saturated rings. The van der Waals surface area contributed by atoms with Crippen molar-refractivity contribution in [3.05, 3.63) is 29.0 Å². The van der Waals surface area contributed by atoms with Gasteiger partial charge in [-0.1, -0.05) is 38.3 Å². The smallest absolute Gasteiger partial charge is 0.243 e. The first-order valence-electron chi connectivity index (χ1n) is 8.48. The summed E-state index contributed by atoms with van der Waals surface area (Å²) < 4.78 is 39.8. The molecule has 1 saturated heterocycles. The van der Waals surface area contributed by atoms with E-state index in [-0.39, 0.29) is 28.9 Å². The summed E-state index contributed by atoms with van der Waals surface area (Å²) in [5, 5.41) is -0.222. The standard InChI is InChI=1S/C17H24ClFN2O3S/c1-3-4-13(2)11-17(22)20-7-9-21(10-8-20)25(23,24)14-5-6-16(19)15(18)12-14/h5-6,12-13H,3-4,7-11H2,1-2H3. The monoisotopic (exact) mass is 390 g/mol. The summed E-state index contributed by atoms with van der Waals surface area (Å²) in [6.45, 7) is 5.33. The van der Waals surface area contributed by atoms with E-state index in [1.54, 1.807) is 4.90 Å². The Hall–Kier alpha value is -1.18. The van der Waals surface area contributed by atoms with Crippen LogP contribution in [-0.2, 0) is 14.8 Å². The van der Waals surface area contributed by atoms with Gasteiger partial charge >= 0.3 is 0 Å². The van der Waals surface area contributed by atoms with E-state index in [0.29, 0.717) is 25.4 Å². The number of benzene rings is 1. The van der Waals surface area contributed by atoms with Crippen LogP contribution in [0.15, 0.2) is 23.1 Å². The van der Waals surface area contributed by atoms with Crippen LogP contribution in [0.2, 0.25) is 5.02 Å². The molecule has 2 rings (SSSR count). The number of carbonyl (C=O) groups is 1. The molecule has 1 aliphatic heterocycles. The number of nitrogens with zero attached hydrogens (tertiary/aromatic N) is 2. The lowest BCUT2D eigenvalue weighted by molar-refractivity contribution is -0.133. The van der Waals surface area contributed by atoms with Crippen LogP contribution in [-0.4, -0.2) is 49.7 Å². The molecule has 0 radical (unpaired) electrons. The lowest BCUT2D eigenvalue weighted by Gasteiger charge is -2.34. The molecule has 1 aromatic rings. The average Bonchev–Trinajstić information content (AvgIpc) is 2.57. The van der Waals surface area contributed by atoms with Gasteiger partial charge in [0.05, 0.1) is 9.92 Å². The van der Waals surface area contributed by atoms with Gasteiger partial charge in [-0.3, -0.25) is 4.79 Å². The van der Waals surface area contributed by atoms with Gasteiger partial charge in [-0.25, -0.2) is 12.8 Å². The second kappa shape index (κ2) is 8.47. The van der Waals surface area contributed by atoms with Crippen molar-refractivity contribution in [3.63, 3.8) is 0 Å². The first-order chi connectivity index (χ1) is 11.8. The van der Waals surface area contributed by atoms with Crippen molar-refractivity contribution in [2.45, 2.75) is 38.0 Å². The number of halogens is 2. The molecule has 0 aromatic heterocycles. The van der Waals surface area contributed by atoms with Crippen LogP contribution in [0, 0.1) is 11.7 Å². The molecule has 0 N–H and O–H groups in total. The van der Waals surface area contributed by atoms with Crippen molar-refractivity contribution in [2.75, 3.05) is 26.2 Å². The maximum absolute atomic E-state index is 13.2. The minimum Gasteiger partial charge on any atom is -0.340 e. The Morgan fingerprint density at radius 3 is 2.48 bits per heavy atom. The van der Waals surface area contributed by atoms with E-state index >= 15 is 0 Å². The maximum Gasteiger partial charge on any atom is 0.243 e. The minimum atomic E-state index is -3.74. The molecule has 1 aromatic carbocycles. The van der Waals surface area contributed by atoms with Crippen LogP contribution in [0.4, 0.5) is 4.39 Å². The number of rotatable bonds is 6. The lowest BCUT2D eigenvalue weighted by Crippen LogP contribution is -2.50. The van der Waals surface area contributed by atoms with Crippen molar-refractivity contribution < 1.29 is 17.6 Å². The van der Waals surface area contributed by atoms with Crippen LogP contribution >= 0.6 is 11.6 Å². The van der Waals surface area contributed by atoms with Crippen molar-refractivity contribution in [1.82, 2.24) is 9.21 Å². The van der Waals surface area contributed by atoms with Gasteiger partial charge in [0.25, 0.3) is 0 Å². The molecule has 5 nitrogen and oxygen atoms in total. The van der Waals surface area contributed by atoms with Crippen molar-refractivity contribution in [1.29, 1.82) is 0 Å². The molecule has 1 atom stereocenters. The Kier molecular flexibility index (Phi) is 6.82. The fourth-order valence-corrected chi connectivity index (χ4v) is 4.68. The summed E-state index contributed by atoms with van der Waals surface area (Å²) in [6.07, 6.45) is 2.54. The maximum atomic E-state index is 13.2. The zero-order chi connectivity index (χ0) is 18.6. The SMILES string of the molecule is CCCC(C)CC(=O)N1CCN(S(=O)(=O)c2ccc(F)c(Cl)c2)CC1. The van der Waals surface area contributed by atoms with Gasteiger partial charge < -0.3 is 4.90 Å². The van der Waals surface area contributed by atoms with E-state index < -0.39 is 15.8 Å². The Bertz CT molecular complexity index is 719. The molecule has 1 amide bonds. The molecule has 0 spiro atoms. The molecule has 0 saturated carbocycles. The van der Waals surface area contributed by atoms with Crippen LogP contribution in [0.1, 0.15) is 33.1 Å². The molecular formula is C17H24ClFN2O3S. The third-order valence-electron chi connectivity index (χ3n) is 4.42. The van der Waals surface area contributed by atoms with E-state index in [2.05, 4.69) is 13.8 Å². The lowest BCUT2D eigenvalue weighted by atomic mass is 10.0. The molecule has 0 aliphatic carbocycles. The van der Waals surface area contributed by atoms with Gasteiger partial charge in [0.15, 0.2) is 0 Å². The molecule has 1 heterocycles. The normalized spacial score (nSPS) is 17.5. The predicted molar refractivity (Wildman–Crippen MR) is 95.4 cm³/mol. The zero-order valence-corrected chi connectivity index (χ0v) is 16.1. The summed E-state index contributed by atoms with van der Waals surface area (Å²) in [5.74, 6) is -0.249. The highest BCUT2D eigenvalue weighted by atomic mass is 35.5. The third kappa shape index (κ3) is 4.92. The molecule has 1 aliphatic rings. The summed E-state index contributed by atoms with van der Waals surface area (Å²) in [4.78, 5) is 14.0. The summed E-state index contributed by atoms with van der Waals surface area (Å²) in [7, 11) is -3.74. The highest BCUT2D eigenvalue weighted by molar-refractivity contribution is 7.89. The molecule has 0 bridgehead atoms. The second-order valence-electron chi connectivity index (χ2n) is 6.46. The van der Waals surface area contributed by atoms with Crippen LogP contribution in [0.3, 0.4) is 0 Å². The van der Waals surface area contributed by atoms with Crippen LogP contribution in [0.25, 0.3) is 0 Å². The predicted octanol–water partition coefficient (Wildman–Crippen LogP) is 3.14. The molecular weight excluding hydrogens is 367 g/mol. The van der Waals surface area contributed by atoms with E-state index in [4.69, 9.17) is 11.6 Å². The quantitative estimate of drug-likeness (QED) is 0.749. The van der Waals surface area contributed by atoms with E-state index in [1.165, 1.54) is 10.4 Å². The number of carbonyl (C=O) groups excluding carboxylic acids is 1. The van der Waals surface area contributed by atoms with Gasteiger partial charge in [-0.2, -0.15) is 4.31 Å². The summed E-state index contributed by atoms with van der Waals surface area (Å²) >= 11 is 5.69. The largest absolute Gasteiger partial charge is 0.340 e. The highest BCUT2D eigenvalue weighted by Crippen LogP contribution is 2.23. The third-order valence-corrected chi connectivity index (χ3v) is 6.61. The minimum absolute atomic E-state index is 0.0322. The first kappa shape index (κ1) is 20.1. The van der Waals surface area contributed by atoms with E-state index in [9.17, 15) is 17.6 Å². The summed E-state index contributed by atoms with van der Waals surface area (Å²) in [6, 6.07) is 3.38. The Balaban J connectivity index is 1.99. The fraction of sp³-hybridized carbons (Fsp3) is 0.588. The van der Waals surface area contributed by atoms with Gasteiger partial charge in [-0.05, 0) is 24.1 Å². The first-order valence-corrected chi connectivity index (χ1v) is 10.3. The van der Waals surface area contributed by atoms with Gasteiger partial charge in [0.2, 0.25) is 15.9 Å². The van der Waals surface area contributed by atoms with Crippen LogP contribution in [0.5, 0.6) is 0 Å². The van der Waals surface area contributed by atoms with Crippen molar-refractivity contribution in [3.8, 4) is 0 Å². The summed E-state index contributed by atoms with van der Waals surface area (Å²) in [5.41, 5.74) is 0. The van der Waals surface area contributed by atoms with Gasteiger partial charge in [0.1, 0.15) is 5.82 Å². The molecule has 140 valence electrons. The average molecular weight is 391 g/mol. The Morgan fingerprint density at radius 1 is 1.28 bits per heavy atom. The second-order valence-corrected chi connectivity index (χ2v) is 8.80. The highest BCUT2D eigenvalue weighted by Gasteiger charge is 2.30. The number of amides is 1. The van der Waals surface area contributed by atoms with E-state index in [0.717, 1.165) is 25.0 Å². The Morgan fingerprint density at radius 2 is 1.92 bits per heavy atom. The number of piperazine rings is 1. The van der Waals surface area contributed by atoms with Crippen molar-refractivity contribution in [2.24, 2.45) is 5.92 Å². The Labute approximate surface area is 153 Å².